The molecule has 136 valence electrons. The van der Waals surface area contributed by atoms with Gasteiger partial charge in [0.2, 0.25) is 0 Å². The Morgan fingerprint density at radius 2 is 1.96 bits per heavy atom. The number of rotatable bonds is 6. The minimum atomic E-state index is -2.94. The maximum Gasteiger partial charge on any atom is 0.387 e. The van der Waals surface area contributed by atoms with E-state index in [1.165, 1.54) is 30.6 Å². The Bertz CT molecular complexity index is 995. The molecule has 0 fully saturated rings. The number of alkyl halides is 2. The number of halogens is 2. The third-order valence-corrected chi connectivity index (χ3v) is 4.51. The number of benzene rings is 2. The average Bonchev–Trinajstić information content (AvgIpc) is 3.17. The Labute approximate surface area is 158 Å². The molecule has 1 heterocycles. The fourth-order valence-electron chi connectivity index (χ4n) is 2.41. The standard InChI is InChI=1S/C20H14F2N2O2S/c1-25-18-10-13(7-8-17(18)26-20(21)22)9-15(11-23)19-24-16(12-27-19)14-5-3-2-4-6-14/h2-10,12,20H,1H3/b15-9+. The molecule has 4 nitrogen and oxygen atoms in total. The smallest absolute Gasteiger partial charge is 0.387 e. The fraction of sp³-hybridized carbons (Fsp3) is 0.100. The average molecular weight is 384 g/mol. The molecule has 0 spiro atoms. The number of hydrogen-bond donors (Lipinski definition) is 0. The zero-order valence-corrected chi connectivity index (χ0v) is 15.0. The molecular formula is C20H14F2N2O2S. The minimum Gasteiger partial charge on any atom is -0.493 e. The predicted molar refractivity (Wildman–Crippen MR) is 101 cm³/mol. The molecule has 2 aromatic carbocycles. The molecule has 0 saturated carbocycles. The number of allylic oxidation sites excluding steroid dienone is 1. The normalized spacial score (nSPS) is 11.3. The topological polar surface area (TPSA) is 55.1 Å². The van der Waals surface area contributed by atoms with Crippen molar-refractivity contribution in [2.24, 2.45) is 0 Å². The van der Waals surface area contributed by atoms with Crippen molar-refractivity contribution in [3.05, 3.63) is 64.5 Å². The van der Waals surface area contributed by atoms with Crippen molar-refractivity contribution in [2.75, 3.05) is 7.11 Å². The summed E-state index contributed by atoms with van der Waals surface area (Å²) in [6.45, 7) is -2.94. The number of methoxy groups -OCH3 is 1. The van der Waals surface area contributed by atoms with Gasteiger partial charge in [-0.15, -0.1) is 11.3 Å². The number of nitriles is 1. The van der Waals surface area contributed by atoms with E-state index in [1.54, 1.807) is 12.1 Å². The molecule has 0 saturated heterocycles. The van der Waals surface area contributed by atoms with E-state index in [2.05, 4.69) is 15.8 Å². The maximum absolute atomic E-state index is 12.4. The summed E-state index contributed by atoms with van der Waals surface area (Å²) < 4.78 is 34.3. The number of ether oxygens (including phenoxy) is 2. The van der Waals surface area contributed by atoms with E-state index in [-0.39, 0.29) is 11.5 Å². The van der Waals surface area contributed by atoms with Crippen LogP contribution in [0, 0.1) is 11.3 Å². The number of thiazole rings is 1. The maximum atomic E-state index is 12.4. The van der Waals surface area contributed by atoms with Crippen LogP contribution in [0.5, 0.6) is 11.5 Å². The summed E-state index contributed by atoms with van der Waals surface area (Å²) in [7, 11) is 1.36. The Balaban J connectivity index is 1.91. The molecule has 27 heavy (non-hydrogen) atoms. The van der Waals surface area contributed by atoms with E-state index in [9.17, 15) is 14.0 Å². The van der Waals surface area contributed by atoms with Crippen molar-refractivity contribution in [1.29, 1.82) is 5.26 Å². The first-order valence-electron chi connectivity index (χ1n) is 7.86. The lowest BCUT2D eigenvalue weighted by atomic mass is 10.1. The first kappa shape index (κ1) is 18.5. The molecule has 0 bridgehead atoms. The largest absolute Gasteiger partial charge is 0.493 e. The second-order valence-electron chi connectivity index (χ2n) is 5.36. The lowest BCUT2D eigenvalue weighted by Crippen LogP contribution is -2.03. The van der Waals surface area contributed by atoms with Crippen LogP contribution >= 0.6 is 11.3 Å². The quantitative estimate of drug-likeness (QED) is 0.528. The van der Waals surface area contributed by atoms with Crippen LogP contribution in [0.4, 0.5) is 8.78 Å². The molecule has 0 aliphatic rings. The van der Waals surface area contributed by atoms with Gasteiger partial charge in [-0.1, -0.05) is 36.4 Å². The summed E-state index contributed by atoms with van der Waals surface area (Å²) in [5.41, 5.74) is 2.73. The summed E-state index contributed by atoms with van der Waals surface area (Å²) in [5.74, 6) is 0.0919. The van der Waals surface area contributed by atoms with Crippen LogP contribution in [0.15, 0.2) is 53.9 Å². The second kappa shape index (κ2) is 8.43. The molecule has 0 unspecified atom stereocenters. The molecule has 0 amide bonds. The van der Waals surface area contributed by atoms with E-state index in [4.69, 9.17) is 4.74 Å². The monoisotopic (exact) mass is 384 g/mol. The van der Waals surface area contributed by atoms with Gasteiger partial charge in [-0.3, -0.25) is 0 Å². The molecular weight excluding hydrogens is 370 g/mol. The van der Waals surface area contributed by atoms with Crippen LogP contribution in [0.1, 0.15) is 10.6 Å². The molecule has 1 aromatic heterocycles. The summed E-state index contributed by atoms with van der Waals surface area (Å²) in [6, 6.07) is 16.3. The lowest BCUT2D eigenvalue weighted by Gasteiger charge is -2.10. The summed E-state index contributed by atoms with van der Waals surface area (Å²) in [6.07, 6.45) is 1.63. The molecule has 0 radical (unpaired) electrons. The number of aromatic nitrogens is 1. The van der Waals surface area contributed by atoms with Gasteiger partial charge in [-0.2, -0.15) is 14.0 Å². The van der Waals surface area contributed by atoms with Gasteiger partial charge < -0.3 is 9.47 Å². The van der Waals surface area contributed by atoms with Crippen molar-refractivity contribution in [1.82, 2.24) is 4.98 Å². The van der Waals surface area contributed by atoms with Crippen LogP contribution in [-0.2, 0) is 0 Å². The van der Waals surface area contributed by atoms with Crippen LogP contribution in [0.3, 0.4) is 0 Å². The van der Waals surface area contributed by atoms with E-state index in [1.807, 2.05) is 35.7 Å². The van der Waals surface area contributed by atoms with Gasteiger partial charge in [-0.25, -0.2) is 4.98 Å². The SMILES string of the molecule is COc1cc(/C=C(\C#N)c2nc(-c3ccccc3)cs2)ccc1OC(F)F. The molecule has 0 aliphatic heterocycles. The molecule has 3 rings (SSSR count). The minimum absolute atomic E-state index is 0.0660. The summed E-state index contributed by atoms with van der Waals surface area (Å²) >= 11 is 1.36. The first-order chi connectivity index (χ1) is 13.1. The fourth-order valence-corrected chi connectivity index (χ4v) is 3.21. The van der Waals surface area contributed by atoms with Gasteiger partial charge >= 0.3 is 6.61 Å². The zero-order valence-electron chi connectivity index (χ0n) is 14.2. The Hall–Kier alpha value is -3.24. The lowest BCUT2D eigenvalue weighted by molar-refractivity contribution is -0.0512. The Morgan fingerprint density at radius 3 is 2.63 bits per heavy atom. The molecule has 0 atom stereocenters. The highest BCUT2D eigenvalue weighted by atomic mass is 32.1. The van der Waals surface area contributed by atoms with Gasteiger partial charge in [0.15, 0.2) is 11.5 Å². The van der Waals surface area contributed by atoms with Crippen molar-refractivity contribution < 1.29 is 18.3 Å². The van der Waals surface area contributed by atoms with Crippen LogP contribution in [0.25, 0.3) is 22.9 Å². The van der Waals surface area contributed by atoms with Crippen LogP contribution < -0.4 is 9.47 Å². The highest BCUT2D eigenvalue weighted by Gasteiger charge is 2.12. The Morgan fingerprint density at radius 1 is 1.19 bits per heavy atom. The van der Waals surface area contributed by atoms with E-state index in [0.717, 1.165) is 11.3 Å². The van der Waals surface area contributed by atoms with Gasteiger partial charge in [0, 0.05) is 10.9 Å². The van der Waals surface area contributed by atoms with Crippen molar-refractivity contribution >= 4 is 23.0 Å². The third kappa shape index (κ3) is 4.49. The second-order valence-corrected chi connectivity index (χ2v) is 6.22. The summed E-state index contributed by atoms with van der Waals surface area (Å²) in [4.78, 5) is 4.52. The van der Waals surface area contributed by atoms with Gasteiger partial charge in [0.05, 0.1) is 18.4 Å². The number of nitrogens with zero attached hydrogens (tertiary/aromatic N) is 2. The first-order valence-corrected chi connectivity index (χ1v) is 8.74. The predicted octanol–water partition coefficient (Wildman–Crippen LogP) is 5.48. The van der Waals surface area contributed by atoms with Crippen molar-refractivity contribution in [2.45, 2.75) is 6.61 Å². The van der Waals surface area contributed by atoms with Crippen LogP contribution in [0.2, 0.25) is 0 Å². The van der Waals surface area contributed by atoms with Gasteiger partial charge in [0.25, 0.3) is 0 Å². The molecule has 3 aromatic rings. The van der Waals surface area contributed by atoms with E-state index >= 15 is 0 Å². The van der Waals surface area contributed by atoms with Crippen molar-refractivity contribution in [3.8, 4) is 28.8 Å². The van der Waals surface area contributed by atoms with Gasteiger partial charge in [0.1, 0.15) is 11.1 Å². The molecule has 0 N–H and O–H groups in total. The third-order valence-electron chi connectivity index (χ3n) is 3.64. The van der Waals surface area contributed by atoms with E-state index < -0.39 is 6.61 Å². The Kier molecular flexibility index (Phi) is 5.79. The van der Waals surface area contributed by atoms with Crippen LogP contribution in [-0.4, -0.2) is 18.7 Å². The summed E-state index contributed by atoms with van der Waals surface area (Å²) in [5, 5.41) is 12.0. The van der Waals surface area contributed by atoms with E-state index in [0.29, 0.717) is 16.1 Å². The number of hydrogen-bond acceptors (Lipinski definition) is 5. The molecule has 0 aliphatic carbocycles. The highest BCUT2D eigenvalue weighted by molar-refractivity contribution is 7.11. The van der Waals surface area contributed by atoms with Gasteiger partial charge in [-0.05, 0) is 23.8 Å². The highest BCUT2D eigenvalue weighted by Crippen LogP contribution is 2.32. The van der Waals surface area contributed by atoms with Crippen molar-refractivity contribution in [3.63, 3.8) is 0 Å². The zero-order chi connectivity index (χ0) is 19.2. The molecule has 7 heteroatoms.